The summed E-state index contributed by atoms with van der Waals surface area (Å²) in [5, 5.41) is 0.408. The van der Waals surface area contributed by atoms with Gasteiger partial charge in [0.25, 0.3) is 0 Å². The fourth-order valence-electron chi connectivity index (χ4n) is 2.90. The maximum absolute atomic E-state index is 5.95. The molecule has 3 aliphatic rings. The van der Waals surface area contributed by atoms with Crippen LogP contribution in [0.3, 0.4) is 0 Å². The molecule has 0 fully saturated rings. The van der Waals surface area contributed by atoms with Gasteiger partial charge in [0.15, 0.2) is 0 Å². The van der Waals surface area contributed by atoms with Crippen molar-refractivity contribution in [2.45, 2.75) is 24.5 Å². The van der Waals surface area contributed by atoms with Gasteiger partial charge in [-0.05, 0) is 51.9 Å². The minimum absolute atomic E-state index is 0.408. The second-order valence-corrected chi connectivity index (χ2v) is 7.21. The van der Waals surface area contributed by atoms with Gasteiger partial charge < -0.3 is 9.64 Å². The highest BCUT2D eigenvalue weighted by Crippen LogP contribution is 2.44. The van der Waals surface area contributed by atoms with E-state index in [1.165, 1.54) is 23.3 Å². The minimum Gasteiger partial charge on any atom is -0.464 e. The molecule has 0 saturated heterocycles. The highest BCUT2D eigenvalue weighted by Gasteiger charge is 2.27. The van der Waals surface area contributed by atoms with E-state index in [-0.39, 0.29) is 0 Å². The molecular formula is C18H23NOS. The Bertz CT molecular complexity index is 539. The molecule has 0 amide bonds. The first kappa shape index (κ1) is 14.7. The molecule has 3 rings (SSSR count). The van der Waals surface area contributed by atoms with Crippen LogP contribution in [-0.2, 0) is 4.74 Å². The summed E-state index contributed by atoms with van der Waals surface area (Å²) < 4.78 is 5.95. The van der Waals surface area contributed by atoms with Crippen molar-refractivity contribution in [1.29, 1.82) is 0 Å². The Morgan fingerprint density at radius 2 is 2.19 bits per heavy atom. The summed E-state index contributed by atoms with van der Waals surface area (Å²) in [6, 6.07) is 0. The molecule has 3 heteroatoms. The van der Waals surface area contributed by atoms with Crippen LogP contribution in [0.15, 0.2) is 59.0 Å². The second kappa shape index (κ2) is 6.71. The normalized spacial score (nSPS) is 27.1. The highest BCUT2D eigenvalue weighted by atomic mass is 32.2. The molecule has 0 bridgehead atoms. The van der Waals surface area contributed by atoms with Crippen LogP contribution in [0.25, 0.3) is 0 Å². The topological polar surface area (TPSA) is 12.5 Å². The van der Waals surface area contributed by atoms with Gasteiger partial charge >= 0.3 is 0 Å². The third kappa shape index (κ3) is 3.53. The number of ether oxygens (including phenoxy) is 1. The standard InChI is InChI=1S/C18H23NOS/c1-19(2)12-6-9-14-8-5-10-16-18(14)21-17-11-4-3-7-15(17)13-20-16/h3-5,7,10-11,13-14,17H,6,8-9,12H2,1-2H3. The Kier molecular flexibility index (Phi) is 4.71. The van der Waals surface area contributed by atoms with Crippen molar-refractivity contribution in [3.63, 3.8) is 0 Å². The van der Waals surface area contributed by atoms with E-state index in [2.05, 4.69) is 55.5 Å². The zero-order valence-corrected chi connectivity index (χ0v) is 13.6. The molecule has 0 aromatic rings. The molecule has 112 valence electrons. The maximum Gasteiger partial charge on any atom is 0.136 e. The van der Waals surface area contributed by atoms with Crippen molar-refractivity contribution in [3.8, 4) is 0 Å². The van der Waals surface area contributed by atoms with Gasteiger partial charge in [-0.2, -0.15) is 0 Å². The number of allylic oxidation sites excluding steroid dienone is 6. The molecule has 2 aliphatic carbocycles. The maximum atomic E-state index is 5.95. The fraction of sp³-hybridized carbons (Fsp3) is 0.444. The van der Waals surface area contributed by atoms with Gasteiger partial charge in [0.05, 0.1) is 11.5 Å². The highest BCUT2D eigenvalue weighted by molar-refractivity contribution is 8.04. The zero-order valence-electron chi connectivity index (χ0n) is 12.8. The van der Waals surface area contributed by atoms with E-state index in [1.54, 1.807) is 0 Å². The third-order valence-electron chi connectivity index (χ3n) is 4.05. The summed E-state index contributed by atoms with van der Waals surface area (Å²) in [6.07, 6.45) is 18.6. The van der Waals surface area contributed by atoms with Gasteiger partial charge in [-0.3, -0.25) is 0 Å². The molecule has 0 saturated carbocycles. The van der Waals surface area contributed by atoms with Crippen LogP contribution >= 0.6 is 11.8 Å². The van der Waals surface area contributed by atoms with Gasteiger partial charge in [-0.1, -0.05) is 30.4 Å². The first-order valence-corrected chi connectivity index (χ1v) is 8.55. The van der Waals surface area contributed by atoms with E-state index in [0.29, 0.717) is 11.2 Å². The number of hydrogen-bond acceptors (Lipinski definition) is 3. The summed E-state index contributed by atoms with van der Waals surface area (Å²) >= 11 is 1.97. The predicted octanol–water partition coefficient (Wildman–Crippen LogP) is 4.26. The van der Waals surface area contributed by atoms with Gasteiger partial charge in [0.2, 0.25) is 0 Å². The van der Waals surface area contributed by atoms with Crippen molar-refractivity contribution in [1.82, 2.24) is 4.90 Å². The monoisotopic (exact) mass is 301 g/mol. The molecule has 0 spiro atoms. The average Bonchev–Trinajstić information content (AvgIpc) is 2.67. The minimum atomic E-state index is 0.408. The molecule has 2 unspecified atom stereocenters. The van der Waals surface area contributed by atoms with Gasteiger partial charge in [0, 0.05) is 10.5 Å². The van der Waals surface area contributed by atoms with E-state index in [0.717, 1.165) is 18.7 Å². The van der Waals surface area contributed by atoms with Crippen LogP contribution in [0.2, 0.25) is 0 Å². The van der Waals surface area contributed by atoms with E-state index in [1.807, 2.05) is 18.0 Å². The summed E-state index contributed by atoms with van der Waals surface area (Å²) in [5.74, 6) is 1.67. The Morgan fingerprint density at radius 3 is 3.05 bits per heavy atom. The van der Waals surface area contributed by atoms with Crippen LogP contribution < -0.4 is 0 Å². The summed E-state index contributed by atoms with van der Waals surface area (Å²) in [5.41, 5.74) is 1.26. The van der Waals surface area contributed by atoms with Crippen LogP contribution in [0.4, 0.5) is 0 Å². The number of nitrogens with zero attached hydrogens (tertiary/aromatic N) is 1. The van der Waals surface area contributed by atoms with E-state index >= 15 is 0 Å². The van der Waals surface area contributed by atoms with Crippen LogP contribution in [0.5, 0.6) is 0 Å². The second-order valence-electron chi connectivity index (χ2n) is 6.03. The molecule has 1 heterocycles. The Morgan fingerprint density at radius 1 is 1.29 bits per heavy atom. The molecule has 1 aliphatic heterocycles. The number of rotatable bonds is 4. The lowest BCUT2D eigenvalue weighted by Gasteiger charge is -2.25. The molecule has 2 atom stereocenters. The van der Waals surface area contributed by atoms with Crippen molar-refractivity contribution < 1.29 is 4.74 Å². The van der Waals surface area contributed by atoms with Crippen molar-refractivity contribution >= 4 is 11.8 Å². The predicted molar refractivity (Wildman–Crippen MR) is 90.9 cm³/mol. The number of thioether (sulfide) groups is 1. The summed E-state index contributed by atoms with van der Waals surface area (Å²) in [6.45, 7) is 1.16. The number of hydrogen-bond donors (Lipinski definition) is 0. The molecule has 2 nitrogen and oxygen atoms in total. The van der Waals surface area contributed by atoms with Gasteiger partial charge in [0.1, 0.15) is 5.76 Å². The quantitative estimate of drug-likeness (QED) is 0.770. The Balaban J connectivity index is 1.72. The fourth-order valence-corrected chi connectivity index (χ4v) is 4.26. The molecular weight excluding hydrogens is 278 g/mol. The van der Waals surface area contributed by atoms with Crippen LogP contribution in [-0.4, -0.2) is 30.8 Å². The SMILES string of the molecule is CN(C)CCCC1CC=CC2=C1SC1C=CC=CC1=CO2. The largest absolute Gasteiger partial charge is 0.464 e. The number of fused-ring (bicyclic) bond motifs is 1. The first-order valence-electron chi connectivity index (χ1n) is 7.68. The smallest absolute Gasteiger partial charge is 0.136 e. The molecule has 21 heavy (non-hydrogen) atoms. The van der Waals surface area contributed by atoms with E-state index in [9.17, 15) is 0 Å². The Labute approximate surface area is 131 Å². The molecule has 0 radical (unpaired) electrons. The van der Waals surface area contributed by atoms with E-state index in [4.69, 9.17) is 4.74 Å². The Hall–Kier alpha value is -1.19. The first-order chi connectivity index (χ1) is 10.2. The van der Waals surface area contributed by atoms with Gasteiger partial charge in [-0.15, -0.1) is 11.8 Å². The average molecular weight is 301 g/mol. The molecule has 0 N–H and O–H groups in total. The van der Waals surface area contributed by atoms with Crippen molar-refractivity contribution in [3.05, 3.63) is 59.0 Å². The van der Waals surface area contributed by atoms with Crippen molar-refractivity contribution in [2.24, 2.45) is 5.92 Å². The summed E-state index contributed by atoms with van der Waals surface area (Å²) in [7, 11) is 4.29. The molecule has 0 aromatic carbocycles. The summed E-state index contributed by atoms with van der Waals surface area (Å²) in [4.78, 5) is 3.70. The van der Waals surface area contributed by atoms with E-state index < -0.39 is 0 Å². The lowest BCUT2D eigenvalue weighted by atomic mass is 9.94. The van der Waals surface area contributed by atoms with Crippen LogP contribution in [0.1, 0.15) is 19.3 Å². The zero-order chi connectivity index (χ0) is 14.7. The lowest BCUT2D eigenvalue weighted by Crippen LogP contribution is -2.16. The van der Waals surface area contributed by atoms with Crippen molar-refractivity contribution in [2.75, 3.05) is 20.6 Å². The van der Waals surface area contributed by atoms with Crippen LogP contribution in [0, 0.1) is 5.92 Å². The van der Waals surface area contributed by atoms with Gasteiger partial charge in [-0.25, -0.2) is 0 Å². The lowest BCUT2D eigenvalue weighted by molar-refractivity contribution is 0.345. The third-order valence-corrected chi connectivity index (χ3v) is 5.52. The molecule has 0 aromatic heterocycles.